The summed E-state index contributed by atoms with van der Waals surface area (Å²) in [6.07, 6.45) is 6.52. The van der Waals surface area contributed by atoms with E-state index in [2.05, 4.69) is 43.1 Å². The highest BCUT2D eigenvalue weighted by Crippen LogP contribution is 2.32. The molecule has 1 saturated carbocycles. The summed E-state index contributed by atoms with van der Waals surface area (Å²) in [4.78, 5) is 4.79. The molecule has 0 atom stereocenters. The third-order valence-electron chi connectivity index (χ3n) is 4.40. The van der Waals surface area contributed by atoms with Crippen LogP contribution >= 0.6 is 0 Å². The molecule has 0 aliphatic heterocycles. The van der Waals surface area contributed by atoms with Crippen LogP contribution in [0.25, 0.3) is 11.4 Å². The van der Waals surface area contributed by atoms with Gasteiger partial charge in [-0.3, -0.25) is 5.10 Å². The van der Waals surface area contributed by atoms with Gasteiger partial charge in [-0.2, -0.15) is 5.10 Å². The lowest BCUT2D eigenvalue weighted by atomic mass is 9.89. The van der Waals surface area contributed by atoms with Crippen molar-refractivity contribution in [1.82, 2.24) is 15.2 Å². The minimum atomic E-state index is 0.580. The molecule has 2 aromatic rings. The summed E-state index contributed by atoms with van der Waals surface area (Å²) in [5.41, 5.74) is 5.01. The van der Waals surface area contributed by atoms with Gasteiger partial charge < -0.3 is 0 Å². The number of hydrogen-bond acceptors (Lipinski definition) is 2. The summed E-state index contributed by atoms with van der Waals surface area (Å²) in [6.45, 7) is 6.42. The first kappa shape index (κ1) is 13.3. The summed E-state index contributed by atoms with van der Waals surface area (Å²) in [6, 6.07) is 4.41. The Labute approximate surface area is 120 Å². The van der Waals surface area contributed by atoms with Crippen LogP contribution in [0.4, 0.5) is 0 Å². The van der Waals surface area contributed by atoms with E-state index in [9.17, 15) is 0 Å². The van der Waals surface area contributed by atoms with Crippen LogP contribution in [-0.4, -0.2) is 15.2 Å². The van der Waals surface area contributed by atoms with E-state index in [0.717, 1.165) is 11.6 Å². The summed E-state index contributed by atoms with van der Waals surface area (Å²) in [5, 5.41) is 7.66. The van der Waals surface area contributed by atoms with Crippen molar-refractivity contribution >= 4 is 0 Å². The van der Waals surface area contributed by atoms with Gasteiger partial charge in [0.2, 0.25) is 0 Å². The summed E-state index contributed by atoms with van der Waals surface area (Å²) in [5.74, 6) is 2.52. The average Bonchev–Trinajstić information content (AvgIpc) is 2.88. The number of aromatic nitrogens is 3. The quantitative estimate of drug-likeness (QED) is 0.875. The number of benzene rings is 1. The van der Waals surface area contributed by atoms with Crippen LogP contribution in [0.2, 0.25) is 0 Å². The van der Waals surface area contributed by atoms with E-state index in [1.165, 1.54) is 54.4 Å². The van der Waals surface area contributed by atoms with Crippen molar-refractivity contribution in [1.29, 1.82) is 0 Å². The van der Waals surface area contributed by atoms with E-state index in [4.69, 9.17) is 4.98 Å². The van der Waals surface area contributed by atoms with Gasteiger partial charge in [-0.1, -0.05) is 37.0 Å². The Morgan fingerprint density at radius 2 is 1.65 bits per heavy atom. The standard InChI is InChI=1S/C17H23N3/c1-11-9-12(2)15(13(3)10-11)17-18-16(19-20-17)14-7-5-4-6-8-14/h9-10,14H,4-8H2,1-3H3,(H,18,19,20). The summed E-state index contributed by atoms with van der Waals surface area (Å²) < 4.78 is 0. The van der Waals surface area contributed by atoms with Crippen molar-refractivity contribution in [3.63, 3.8) is 0 Å². The number of aromatic amines is 1. The molecule has 0 saturated heterocycles. The molecule has 0 amide bonds. The van der Waals surface area contributed by atoms with Gasteiger partial charge in [-0.15, -0.1) is 0 Å². The fourth-order valence-electron chi connectivity index (χ4n) is 3.48. The maximum Gasteiger partial charge on any atom is 0.181 e. The molecule has 20 heavy (non-hydrogen) atoms. The van der Waals surface area contributed by atoms with E-state index < -0.39 is 0 Å². The zero-order valence-corrected chi connectivity index (χ0v) is 12.7. The van der Waals surface area contributed by atoms with Crippen LogP contribution in [0.1, 0.15) is 60.5 Å². The third-order valence-corrected chi connectivity index (χ3v) is 4.40. The minimum absolute atomic E-state index is 0.580. The molecule has 0 bridgehead atoms. The van der Waals surface area contributed by atoms with Crippen LogP contribution in [0, 0.1) is 20.8 Å². The van der Waals surface area contributed by atoms with Crippen molar-refractivity contribution in [2.24, 2.45) is 0 Å². The van der Waals surface area contributed by atoms with Gasteiger partial charge in [0.15, 0.2) is 5.82 Å². The molecule has 1 aromatic carbocycles. The van der Waals surface area contributed by atoms with Gasteiger partial charge in [0.1, 0.15) is 5.82 Å². The molecule has 1 aliphatic carbocycles. The Morgan fingerprint density at radius 1 is 1.00 bits per heavy atom. The smallest absolute Gasteiger partial charge is 0.181 e. The monoisotopic (exact) mass is 269 g/mol. The maximum absolute atomic E-state index is 4.79. The highest BCUT2D eigenvalue weighted by atomic mass is 15.2. The van der Waals surface area contributed by atoms with Crippen molar-refractivity contribution < 1.29 is 0 Å². The first-order valence-electron chi connectivity index (χ1n) is 7.65. The fourth-order valence-corrected chi connectivity index (χ4v) is 3.48. The number of nitrogens with one attached hydrogen (secondary N) is 1. The Balaban J connectivity index is 1.94. The molecule has 1 aliphatic rings. The summed E-state index contributed by atoms with van der Waals surface area (Å²) >= 11 is 0. The van der Waals surface area contributed by atoms with Crippen LogP contribution in [0.15, 0.2) is 12.1 Å². The number of nitrogens with zero attached hydrogens (tertiary/aromatic N) is 2. The molecule has 0 radical (unpaired) electrons. The second kappa shape index (κ2) is 5.39. The number of aryl methyl sites for hydroxylation is 3. The molecule has 1 heterocycles. The van der Waals surface area contributed by atoms with Crippen LogP contribution < -0.4 is 0 Å². The molecule has 1 N–H and O–H groups in total. The van der Waals surface area contributed by atoms with Crippen molar-refractivity contribution in [3.8, 4) is 11.4 Å². The summed E-state index contributed by atoms with van der Waals surface area (Å²) in [7, 11) is 0. The normalized spacial score (nSPS) is 16.6. The van der Waals surface area contributed by atoms with Gasteiger partial charge >= 0.3 is 0 Å². The van der Waals surface area contributed by atoms with E-state index in [0.29, 0.717) is 5.92 Å². The van der Waals surface area contributed by atoms with Crippen molar-refractivity contribution in [2.75, 3.05) is 0 Å². The molecule has 3 nitrogen and oxygen atoms in total. The van der Waals surface area contributed by atoms with Crippen molar-refractivity contribution in [3.05, 3.63) is 34.6 Å². The lowest BCUT2D eigenvalue weighted by molar-refractivity contribution is 0.429. The molecular weight excluding hydrogens is 246 g/mol. The second-order valence-corrected chi connectivity index (χ2v) is 6.15. The molecule has 3 heteroatoms. The molecule has 0 spiro atoms. The number of hydrogen-bond donors (Lipinski definition) is 1. The topological polar surface area (TPSA) is 41.6 Å². The minimum Gasteiger partial charge on any atom is -0.262 e. The van der Waals surface area contributed by atoms with Gasteiger partial charge in [0, 0.05) is 11.5 Å². The first-order chi connectivity index (χ1) is 9.65. The second-order valence-electron chi connectivity index (χ2n) is 6.15. The van der Waals surface area contributed by atoms with E-state index in [1.54, 1.807) is 0 Å². The van der Waals surface area contributed by atoms with Crippen LogP contribution in [-0.2, 0) is 0 Å². The number of H-pyrrole nitrogens is 1. The van der Waals surface area contributed by atoms with Gasteiger partial charge in [-0.05, 0) is 44.7 Å². The fraction of sp³-hybridized carbons (Fsp3) is 0.529. The molecule has 1 aromatic heterocycles. The lowest BCUT2D eigenvalue weighted by Crippen LogP contribution is -2.06. The van der Waals surface area contributed by atoms with E-state index >= 15 is 0 Å². The van der Waals surface area contributed by atoms with Gasteiger partial charge in [0.05, 0.1) is 0 Å². The highest BCUT2D eigenvalue weighted by Gasteiger charge is 2.20. The van der Waals surface area contributed by atoms with Crippen LogP contribution in [0.5, 0.6) is 0 Å². The Morgan fingerprint density at radius 3 is 2.30 bits per heavy atom. The predicted molar refractivity (Wildman–Crippen MR) is 81.9 cm³/mol. The molecule has 1 fully saturated rings. The highest BCUT2D eigenvalue weighted by molar-refractivity contribution is 5.65. The molecule has 0 unspecified atom stereocenters. The lowest BCUT2D eigenvalue weighted by Gasteiger charge is -2.18. The Hall–Kier alpha value is -1.64. The van der Waals surface area contributed by atoms with Gasteiger partial charge in [0.25, 0.3) is 0 Å². The maximum atomic E-state index is 4.79. The zero-order valence-electron chi connectivity index (χ0n) is 12.7. The van der Waals surface area contributed by atoms with Gasteiger partial charge in [-0.25, -0.2) is 4.98 Å². The Bertz CT molecular complexity index is 583. The van der Waals surface area contributed by atoms with E-state index in [1.807, 2.05) is 0 Å². The Kier molecular flexibility index (Phi) is 3.60. The van der Waals surface area contributed by atoms with Crippen LogP contribution in [0.3, 0.4) is 0 Å². The zero-order chi connectivity index (χ0) is 14.1. The molecular formula is C17H23N3. The van der Waals surface area contributed by atoms with Crippen molar-refractivity contribution in [2.45, 2.75) is 58.8 Å². The third kappa shape index (κ3) is 2.49. The first-order valence-corrected chi connectivity index (χ1v) is 7.65. The molecule has 3 rings (SSSR count). The predicted octanol–water partition coefficient (Wildman–Crippen LogP) is 4.44. The van der Waals surface area contributed by atoms with E-state index in [-0.39, 0.29) is 0 Å². The SMILES string of the molecule is Cc1cc(C)c(-c2n[nH]c(C3CCCCC3)n2)c(C)c1. The molecule has 106 valence electrons. The number of rotatable bonds is 2. The average molecular weight is 269 g/mol. The largest absolute Gasteiger partial charge is 0.262 e.